The molecule has 4 aliphatic carbocycles. The Hall–Kier alpha value is -0.500. The Morgan fingerprint density at radius 3 is 2.58 bits per heavy atom. The lowest BCUT2D eigenvalue weighted by Crippen LogP contribution is -2.51. The van der Waals surface area contributed by atoms with Gasteiger partial charge in [-0.1, -0.05) is 65.5 Å². The Labute approximate surface area is 195 Å². The van der Waals surface area contributed by atoms with E-state index in [0.717, 1.165) is 54.8 Å². The first-order valence-electron chi connectivity index (χ1n) is 13.2. The molecule has 8 atom stereocenters. The molecule has 0 aromatic heterocycles. The van der Waals surface area contributed by atoms with Crippen LogP contribution in [0, 0.1) is 46.3 Å². The molecule has 0 aromatic rings. The third kappa shape index (κ3) is 4.36. The lowest BCUT2D eigenvalue weighted by Gasteiger charge is -2.58. The number of fused-ring (bicyclic) bond motifs is 5. The smallest absolute Gasteiger partial charge is 0.404 e. The Morgan fingerprint density at radius 1 is 1.10 bits per heavy atom. The zero-order valence-corrected chi connectivity index (χ0v) is 21.3. The molecule has 31 heavy (non-hydrogen) atoms. The topological polar surface area (TPSA) is 26.3 Å². The van der Waals surface area contributed by atoms with Gasteiger partial charge in [-0.15, -0.1) is 0 Å². The van der Waals surface area contributed by atoms with Crippen molar-refractivity contribution in [2.45, 2.75) is 111 Å². The summed E-state index contributed by atoms with van der Waals surface area (Å²) in [4.78, 5) is 11.2. The van der Waals surface area contributed by atoms with Crippen molar-refractivity contribution in [3.8, 4) is 0 Å². The second-order valence-corrected chi connectivity index (χ2v) is 12.8. The highest BCUT2D eigenvalue weighted by molar-refractivity contribution is 6.61. The van der Waals surface area contributed by atoms with Crippen LogP contribution in [-0.2, 0) is 4.74 Å². The van der Waals surface area contributed by atoms with Crippen LogP contribution in [0.1, 0.15) is 105 Å². The molecule has 0 bridgehead atoms. The van der Waals surface area contributed by atoms with Gasteiger partial charge in [0, 0.05) is 18.0 Å². The second kappa shape index (κ2) is 9.03. The quantitative estimate of drug-likeness (QED) is 0.299. The van der Waals surface area contributed by atoms with E-state index in [1.165, 1.54) is 51.4 Å². The maximum atomic E-state index is 11.2. The summed E-state index contributed by atoms with van der Waals surface area (Å²) in [5, 5.41) is 0. The maximum Gasteiger partial charge on any atom is 0.404 e. The van der Waals surface area contributed by atoms with Crippen molar-refractivity contribution in [3.05, 3.63) is 11.6 Å². The fourth-order valence-electron chi connectivity index (χ4n) is 8.88. The van der Waals surface area contributed by atoms with E-state index in [9.17, 15) is 4.79 Å². The van der Waals surface area contributed by atoms with Gasteiger partial charge in [0.1, 0.15) is 6.10 Å². The number of ether oxygens (including phenoxy) is 1. The van der Waals surface area contributed by atoms with E-state index in [4.69, 9.17) is 16.3 Å². The molecule has 3 saturated carbocycles. The molecule has 0 heterocycles. The van der Waals surface area contributed by atoms with Crippen LogP contribution in [-0.4, -0.2) is 11.5 Å². The number of carbonyl (C=O) groups is 1. The summed E-state index contributed by atoms with van der Waals surface area (Å²) >= 11 is 5.51. The predicted molar refractivity (Wildman–Crippen MR) is 129 cm³/mol. The third-order valence-electron chi connectivity index (χ3n) is 10.5. The first-order valence-corrected chi connectivity index (χ1v) is 13.6. The van der Waals surface area contributed by atoms with Crippen LogP contribution < -0.4 is 0 Å². The van der Waals surface area contributed by atoms with Crippen molar-refractivity contribution >= 4 is 17.0 Å². The van der Waals surface area contributed by atoms with Crippen molar-refractivity contribution in [1.29, 1.82) is 0 Å². The molecule has 176 valence electrons. The molecule has 0 radical (unpaired) electrons. The molecule has 0 aliphatic heterocycles. The summed E-state index contributed by atoms with van der Waals surface area (Å²) in [7, 11) is 0. The van der Waals surface area contributed by atoms with Gasteiger partial charge in [0.05, 0.1) is 0 Å². The highest BCUT2D eigenvalue weighted by atomic mass is 35.5. The normalized spacial score (nSPS) is 42.9. The van der Waals surface area contributed by atoms with Gasteiger partial charge < -0.3 is 4.74 Å². The van der Waals surface area contributed by atoms with Crippen LogP contribution in [0.25, 0.3) is 0 Å². The fraction of sp³-hybridized carbons (Fsp3) is 0.893. The molecule has 3 unspecified atom stereocenters. The fourth-order valence-corrected chi connectivity index (χ4v) is 9.01. The standard InChI is InChI=1S/C28H45ClO2/c1-18(2)7-6-8-19(3)23-11-12-24-22-10-9-20-17-21(31-26(29)30)13-15-27(20,4)25(22)14-16-28(23,24)5/h9,18-19,21-25H,6-8,10-17H2,1-5H3/t19?,21?,22-,23?,24-,25+,27-,28+/m0/s1. The summed E-state index contributed by atoms with van der Waals surface area (Å²) in [5.74, 6) is 5.19. The van der Waals surface area contributed by atoms with Crippen molar-refractivity contribution < 1.29 is 9.53 Å². The van der Waals surface area contributed by atoms with Crippen LogP contribution in [0.3, 0.4) is 0 Å². The van der Waals surface area contributed by atoms with Gasteiger partial charge in [-0.3, -0.25) is 0 Å². The maximum absolute atomic E-state index is 11.2. The molecule has 3 fully saturated rings. The molecule has 4 aliphatic rings. The largest absolute Gasteiger partial charge is 0.450 e. The van der Waals surface area contributed by atoms with E-state index in [0.29, 0.717) is 10.8 Å². The molecule has 0 amide bonds. The number of hydrogen-bond donors (Lipinski definition) is 0. The summed E-state index contributed by atoms with van der Waals surface area (Å²) in [6.07, 6.45) is 16.7. The number of carbonyl (C=O) groups excluding carboxylic acids is 1. The number of hydrogen-bond acceptors (Lipinski definition) is 2. The molecule has 3 heteroatoms. The molecule has 4 rings (SSSR count). The molecular formula is C28H45ClO2. The highest BCUT2D eigenvalue weighted by Gasteiger charge is 2.59. The molecule has 0 N–H and O–H groups in total. The molecular weight excluding hydrogens is 404 g/mol. The summed E-state index contributed by atoms with van der Waals surface area (Å²) in [6.45, 7) is 12.5. The zero-order chi connectivity index (χ0) is 22.4. The Morgan fingerprint density at radius 2 is 1.87 bits per heavy atom. The van der Waals surface area contributed by atoms with Crippen LogP contribution in [0.4, 0.5) is 4.79 Å². The van der Waals surface area contributed by atoms with E-state index in [2.05, 4.69) is 40.7 Å². The summed E-state index contributed by atoms with van der Waals surface area (Å²) in [5.41, 5.74) is 1.77. The minimum Gasteiger partial charge on any atom is -0.450 e. The Kier molecular flexibility index (Phi) is 6.89. The monoisotopic (exact) mass is 448 g/mol. The van der Waals surface area contributed by atoms with Gasteiger partial charge in [-0.05, 0) is 91.3 Å². The zero-order valence-electron chi connectivity index (χ0n) is 20.6. The van der Waals surface area contributed by atoms with E-state index in [1.807, 2.05) is 0 Å². The van der Waals surface area contributed by atoms with E-state index in [1.54, 1.807) is 5.57 Å². The number of rotatable bonds is 6. The van der Waals surface area contributed by atoms with E-state index < -0.39 is 5.43 Å². The van der Waals surface area contributed by atoms with Gasteiger partial charge >= 0.3 is 5.43 Å². The Balaban J connectivity index is 1.47. The first-order chi connectivity index (χ1) is 14.6. The van der Waals surface area contributed by atoms with Crippen molar-refractivity contribution in [3.63, 3.8) is 0 Å². The summed E-state index contributed by atoms with van der Waals surface area (Å²) < 4.78 is 5.38. The lowest BCUT2D eigenvalue weighted by molar-refractivity contribution is -0.0573. The van der Waals surface area contributed by atoms with Gasteiger partial charge in [-0.2, -0.15) is 0 Å². The van der Waals surface area contributed by atoms with Crippen LogP contribution in [0.15, 0.2) is 11.6 Å². The molecule has 2 nitrogen and oxygen atoms in total. The van der Waals surface area contributed by atoms with Gasteiger partial charge in [0.2, 0.25) is 0 Å². The minimum atomic E-state index is -0.643. The van der Waals surface area contributed by atoms with Gasteiger partial charge in [0.25, 0.3) is 0 Å². The first kappa shape index (κ1) is 23.7. The minimum absolute atomic E-state index is 0.0164. The lowest BCUT2D eigenvalue weighted by atomic mass is 9.47. The van der Waals surface area contributed by atoms with Crippen molar-refractivity contribution in [1.82, 2.24) is 0 Å². The number of halogens is 1. The third-order valence-corrected chi connectivity index (χ3v) is 10.6. The van der Waals surface area contributed by atoms with Crippen LogP contribution in [0.2, 0.25) is 0 Å². The van der Waals surface area contributed by atoms with Gasteiger partial charge in [0.15, 0.2) is 0 Å². The predicted octanol–water partition coefficient (Wildman–Crippen LogP) is 8.77. The van der Waals surface area contributed by atoms with Crippen LogP contribution in [0.5, 0.6) is 0 Å². The molecule has 0 aromatic carbocycles. The molecule has 0 spiro atoms. The van der Waals surface area contributed by atoms with Crippen molar-refractivity contribution in [2.75, 3.05) is 0 Å². The summed E-state index contributed by atoms with van der Waals surface area (Å²) in [6, 6.07) is 0. The van der Waals surface area contributed by atoms with Gasteiger partial charge in [-0.25, -0.2) is 4.79 Å². The van der Waals surface area contributed by atoms with E-state index >= 15 is 0 Å². The van der Waals surface area contributed by atoms with E-state index in [-0.39, 0.29) is 6.10 Å². The SMILES string of the molecule is CC(C)CCCC(C)C1CC[C@H]2[C@@H]3CC=C4CC(OC(=O)Cl)CC[C@]4(C)[C@@H]3CC[C@]12C. The highest BCUT2D eigenvalue weighted by Crippen LogP contribution is 2.67. The average Bonchev–Trinajstić information content (AvgIpc) is 3.05. The average molecular weight is 449 g/mol. The van der Waals surface area contributed by atoms with Crippen LogP contribution >= 0.6 is 11.6 Å². The second-order valence-electron chi connectivity index (χ2n) is 12.5. The number of allylic oxidation sites excluding steroid dienone is 1. The Bertz CT molecular complexity index is 699. The molecule has 0 saturated heterocycles. The van der Waals surface area contributed by atoms with Crippen molar-refractivity contribution in [2.24, 2.45) is 46.3 Å².